The number of benzene rings is 2. The van der Waals surface area contributed by atoms with Crippen molar-refractivity contribution in [3.8, 4) is 22.8 Å². The Morgan fingerprint density at radius 1 is 1.03 bits per heavy atom. The van der Waals surface area contributed by atoms with Crippen molar-refractivity contribution in [1.29, 1.82) is 0 Å². The van der Waals surface area contributed by atoms with Crippen LogP contribution in [0, 0.1) is 5.92 Å². The fourth-order valence-electron chi connectivity index (χ4n) is 3.10. The maximum Gasteiger partial charge on any atom is 0.225 e. The van der Waals surface area contributed by atoms with Gasteiger partial charge in [0.25, 0.3) is 0 Å². The molecular formula is C23H26N2O4. The van der Waals surface area contributed by atoms with Crippen molar-refractivity contribution in [3.63, 3.8) is 0 Å². The molecule has 0 atom stereocenters. The number of nitrogens with zero attached hydrogens (tertiary/aromatic N) is 2. The SMILES string of the molecule is COc1ccc(OC)c(-c2cc(CN(Cc3ccccc3)C(=O)C(C)C)no2)c1. The molecule has 0 bridgehead atoms. The molecule has 0 aliphatic rings. The first-order valence-electron chi connectivity index (χ1n) is 9.52. The second-order valence-corrected chi connectivity index (χ2v) is 7.08. The quantitative estimate of drug-likeness (QED) is 0.561. The van der Waals surface area contributed by atoms with Gasteiger partial charge in [0.05, 0.1) is 26.3 Å². The predicted molar refractivity (Wildman–Crippen MR) is 111 cm³/mol. The number of methoxy groups -OCH3 is 2. The standard InChI is InChI=1S/C23H26N2O4/c1-16(2)23(26)25(14-17-8-6-5-7-9-17)15-18-12-22(29-24-18)20-13-19(27-3)10-11-21(20)28-4/h5-13,16H,14-15H2,1-4H3. The van der Waals surface area contributed by atoms with Gasteiger partial charge in [-0.2, -0.15) is 0 Å². The van der Waals surface area contributed by atoms with Gasteiger partial charge in [-0.15, -0.1) is 0 Å². The zero-order chi connectivity index (χ0) is 20.8. The van der Waals surface area contributed by atoms with Crippen molar-refractivity contribution in [2.24, 2.45) is 5.92 Å². The molecule has 0 saturated carbocycles. The van der Waals surface area contributed by atoms with E-state index in [1.165, 1.54) is 0 Å². The monoisotopic (exact) mass is 394 g/mol. The number of hydrogen-bond acceptors (Lipinski definition) is 5. The van der Waals surface area contributed by atoms with Crippen LogP contribution in [0.5, 0.6) is 11.5 Å². The number of carbonyl (C=O) groups is 1. The lowest BCUT2D eigenvalue weighted by Crippen LogP contribution is -2.33. The van der Waals surface area contributed by atoms with Gasteiger partial charge >= 0.3 is 0 Å². The van der Waals surface area contributed by atoms with Crippen LogP contribution < -0.4 is 9.47 Å². The third-order valence-electron chi connectivity index (χ3n) is 4.61. The van der Waals surface area contributed by atoms with Gasteiger partial charge in [0.15, 0.2) is 5.76 Å². The van der Waals surface area contributed by atoms with E-state index in [1.807, 2.05) is 68.4 Å². The summed E-state index contributed by atoms with van der Waals surface area (Å²) < 4.78 is 16.3. The average Bonchev–Trinajstić information content (AvgIpc) is 3.21. The van der Waals surface area contributed by atoms with E-state index >= 15 is 0 Å². The maximum absolute atomic E-state index is 12.7. The molecule has 29 heavy (non-hydrogen) atoms. The summed E-state index contributed by atoms with van der Waals surface area (Å²) in [5, 5.41) is 4.18. The van der Waals surface area contributed by atoms with Gasteiger partial charge in [-0.3, -0.25) is 4.79 Å². The normalized spacial score (nSPS) is 10.8. The Morgan fingerprint density at radius 2 is 1.79 bits per heavy atom. The smallest absolute Gasteiger partial charge is 0.225 e. The molecular weight excluding hydrogens is 368 g/mol. The summed E-state index contributed by atoms with van der Waals surface area (Å²) in [5.74, 6) is 1.88. The van der Waals surface area contributed by atoms with Crippen molar-refractivity contribution >= 4 is 5.91 Å². The first-order valence-corrected chi connectivity index (χ1v) is 9.52. The third-order valence-corrected chi connectivity index (χ3v) is 4.61. The molecule has 3 aromatic rings. The van der Waals surface area contributed by atoms with Crippen LogP contribution in [0.4, 0.5) is 0 Å². The summed E-state index contributed by atoms with van der Waals surface area (Å²) in [7, 11) is 3.21. The molecule has 0 spiro atoms. The number of rotatable bonds is 8. The Kier molecular flexibility index (Phi) is 6.54. The molecule has 2 aromatic carbocycles. The lowest BCUT2D eigenvalue weighted by molar-refractivity contribution is -0.135. The molecule has 0 N–H and O–H groups in total. The molecule has 6 heteroatoms. The minimum absolute atomic E-state index is 0.0670. The zero-order valence-electron chi connectivity index (χ0n) is 17.2. The van der Waals surface area contributed by atoms with Crippen molar-refractivity contribution in [1.82, 2.24) is 10.1 Å². The van der Waals surface area contributed by atoms with Crippen LogP contribution in [0.3, 0.4) is 0 Å². The molecule has 6 nitrogen and oxygen atoms in total. The fraction of sp³-hybridized carbons (Fsp3) is 0.304. The first-order chi connectivity index (χ1) is 14.0. The first kappa shape index (κ1) is 20.5. The predicted octanol–water partition coefficient (Wildman–Crippen LogP) is 4.54. The second kappa shape index (κ2) is 9.28. The van der Waals surface area contributed by atoms with Gasteiger partial charge in [-0.1, -0.05) is 49.3 Å². The number of ether oxygens (including phenoxy) is 2. The molecule has 1 heterocycles. The fourth-order valence-corrected chi connectivity index (χ4v) is 3.10. The van der Waals surface area contributed by atoms with E-state index in [0.29, 0.717) is 36.0 Å². The molecule has 0 radical (unpaired) electrons. The van der Waals surface area contributed by atoms with Crippen LogP contribution in [0.25, 0.3) is 11.3 Å². The minimum atomic E-state index is -0.108. The molecule has 1 amide bonds. The van der Waals surface area contributed by atoms with Crippen molar-refractivity contribution in [2.45, 2.75) is 26.9 Å². The van der Waals surface area contributed by atoms with Gasteiger partial charge < -0.3 is 18.9 Å². The average molecular weight is 394 g/mol. The summed E-state index contributed by atoms with van der Waals surface area (Å²) in [5.41, 5.74) is 2.49. The molecule has 1 aromatic heterocycles. The Labute approximate surface area is 171 Å². The van der Waals surface area contributed by atoms with Crippen molar-refractivity contribution in [3.05, 3.63) is 65.9 Å². The van der Waals surface area contributed by atoms with Gasteiger partial charge in [0.2, 0.25) is 5.91 Å². The Morgan fingerprint density at radius 3 is 2.45 bits per heavy atom. The van der Waals surface area contributed by atoms with E-state index in [1.54, 1.807) is 19.1 Å². The van der Waals surface area contributed by atoms with Crippen molar-refractivity contribution in [2.75, 3.05) is 14.2 Å². The Hall–Kier alpha value is -3.28. The highest BCUT2D eigenvalue weighted by atomic mass is 16.5. The maximum atomic E-state index is 12.7. The number of carbonyl (C=O) groups excluding carboxylic acids is 1. The molecule has 0 saturated heterocycles. The Bertz CT molecular complexity index is 951. The van der Waals surface area contributed by atoms with E-state index < -0.39 is 0 Å². The highest BCUT2D eigenvalue weighted by Gasteiger charge is 2.20. The number of amides is 1. The van der Waals surface area contributed by atoms with Crippen LogP contribution in [-0.2, 0) is 17.9 Å². The lowest BCUT2D eigenvalue weighted by Gasteiger charge is -2.23. The van der Waals surface area contributed by atoms with Crippen molar-refractivity contribution < 1.29 is 18.8 Å². The van der Waals surface area contributed by atoms with Gasteiger partial charge in [0, 0.05) is 18.5 Å². The summed E-state index contributed by atoms with van der Waals surface area (Å²) >= 11 is 0. The second-order valence-electron chi connectivity index (χ2n) is 7.08. The molecule has 0 aliphatic heterocycles. The molecule has 0 aliphatic carbocycles. The summed E-state index contributed by atoms with van der Waals surface area (Å²) in [6.45, 7) is 4.68. The van der Waals surface area contributed by atoms with E-state index in [-0.39, 0.29) is 11.8 Å². The minimum Gasteiger partial charge on any atom is -0.497 e. The molecule has 152 valence electrons. The highest BCUT2D eigenvalue weighted by molar-refractivity contribution is 5.78. The summed E-state index contributed by atoms with van der Waals surface area (Å²) in [6.07, 6.45) is 0. The highest BCUT2D eigenvalue weighted by Crippen LogP contribution is 2.34. The summed E-state index contributed by atoms with van der Waals surface area (Å²) in [4.78, 5) is 14.5. The molecule has 3 rings (SSSR count). The van der Waals surface area contributed by atoms with E-state index in [2.05, 4.69) is 5.16 Å². The van der Waals surface area contributed by atoms with Gasteiger partial charge in [-0.05, 0) is 23.8 Å². The third kappa shape index (κ3) is 4.96. The number of hydrogen-bond donors (Lipinski definition) is 0. The zero-order valence-corrected chi connectivity index (χ0v) is 17.2. The molecule has 0 fully saturated rings. The summed E-state index contributed by atoms with van der Waals surface area (Å²) in [6, 6.07) is 17.2. The van der Waals surface area contributed by atoms with Crippen LogP contribution in [0.15, 0.2) is 59.1 Å². The molecule has 0 unspecified atom stereocenters. The van der Waals surface area contributed by atoms with Crippen LogP contribution in [-0.4, -0.2) is 30.2 Å². The Balaban J connectivity index is 1.85. The van der Waals surface area contributed by atoms with Crippen LogP contribution >= 0.6 is 0 Å². The van der Waals surface area contributed by atoms with E-state index in [4.69, 9.17) is 14.0 Å². The van der Waals surface area contributed by atoms with E-state index in [0.717, 1.165) is 11.1 Å². The van der Waals surface area contributed by atoms with Gasteiger partial charge in [-0.25, -0.2) is 0 Å². The van der Waals surface area contributed by atoms with E-state index in [9.17, 15) is 4.79 Å². The van der Waals surface area contributed by atoms with Crippen LogP contribution in [0.2, 0.25) is 0 Å². The lowest BCUT2D eigenvalue weighted by atomic mass is 10.1. The largest absolute Gasteiger partial charge is 0.497 e. The number of aromatic nitrogens is 1. The topological polar surface area (TPSA) is 64.8 Å². The van der Waals surface area contributed by atoms with Gasteiger partial charge in [0.1, 0.15) is 17.2 Å². The van der Waals surface area contributed by atoms with Crippen LogP contribution in [0.1, 0.15) is 25.1 Å².